The summed E-state index contributed by atoms with van der Waals surface area (Å²) in [4.78, 5) is 17.6. The van der Waals surface area contributed by atoms with E-state index in [2.05, 4.69) is 77.4 Å². The fourth-order valence-corrected chi connectivity index (χ4v) is 7.81. The Morgan fingerprint density at radius 3 is 2.18 bits per heavy atom. The molecule has 3 fully saturated rings. The largest absolute Gasteiger partial charge is 0.480 e. The van der Waals surface area contributed by atoms with Gasteiger partial charge in [-0.3, -0.25) is 9.69 Å². The second-order valence-electron chi connectivity index (χ2n) is 12.6. The number of aryl methyl sites for hydroxylation is 1. The van der Waals surface area contributed by atoms with Crippen molar-refractivity contribution in [1.82, 2.24) is 9.80 Å². The molecule has 206 valence electrons. The molecule has 0 amide bonds. The van der Waals surface area contributed by atoms with E-state index >= 15 is 0 Å². The quantitative estimate of drug-likeness (QED) is 0.381. The van der Waals surface area contributed by atoms with Gasteiger partial charge in [-0.1, -0.05) is 86.8 Å². The number of carbonyl (C=O) groups is 1. The number of carboxylic acids is 1. The SMILES string of the molecule is C[C@H](CCc1ccccc1)C1CCN(C[C@H]2CN([C@@H](C(=O)O)C3CCCCC3)C[C@@H]2c2ccccc2)CC1. The van der Waals surface area contributed by atoms with Gasteiger partial charge >= 0.3 is 5.97 Å². The highest BCUT2D eigenvalue weighted by molar-refractivity contribution is 5.74. The summed E-state index contributed by atoms with van der Waals surface area (Å²) in [7, 11) is 0. The predicted octanol–water partition coefficient (Wildman–Crippen LogP) is 6.72. The summed E-state index contributed by atoms with van der Waals surface area (Å²) in [6.45, 7) is 7.72. The summed E-state index contributed by atoms with van der Waals surface area (Å²) in [5, 5.41) is 10.3. The molecule has 0 radical (unpaired) electrons. The Balaban J connectivity index is 1.19. The first-order chi connectivity index (χ1) is 18.6. The van der Waals surface area contributed by atoms with Crippen LogP contribution in [-0.4, -0.2) is 59.6 Å². The number of hydrogen-bond acceptors (Lipinski definition) is 3. The smallest absolute Gasteiger partial charge is 0.321 e. The van der Waals surface area contributed by atoms with Crippen LogP contribution in [0.5, 0.6) is 0 Å². The predicted molar refractivity (Wildman–Crippen MR) is 155 cm³/mol. The third-order valence-electron chi connectivity index (χ3n) is 10.1. The molecule has 5 rings (SSSR count). The highest BCUT2D eigenvalue weighted by Gasteiger charge is 2.43. The van der Waals surface area contributed by atoms with Crippen LogP contribution in [0.15, 0.2) is 60.7 Å². The maximum absolute atomic E-state index is 12.5. The lowest BCUT2D eigenvalue weighted by Crippen LogP contribution is -2.46. The van der Waals surface area contributed by atoms with Crippen molar-refractivity contribution in [3.05, 3.63) is 71.8 Å². The monoisotopic (exact) mass is 516 g/mol. The number of likely N-dealkylation sites (tertiary alicyclic amines) is 2. The van der Waals surface area contributed by atoms with Crippen molar-refractivity contribution in [3.63, 3.8) is 0 Å². The first kappa shape index (κ1) is 27.4. The highest BCUT2D eigenvalue weighted by Crippen LogP contribution is 2.39. The van der Waals surface area contributed by atoms with Crippen LogP contribution in [0.25, 0.3) is 0 Å². The van der Waals surface area contributed by atoms with Crippen LogP contribution in [0.3, 0.4) is 0 Å². The van der Waals surface area contributed by atoms with Crippen LogP contribution in [0.1, 0.15) is 75.3 Å². The molecule has 2 aromatic carbocycles. The molecule has 2 saturated heterocycles. The van der Waals surface area contributed by atoms with E-state index in [0.717, 1.165) is 44.3 Å². The fourth-order valence-electron chi connectivity index (χ4n) is 7.81. The molecular weight excluding hydrogens is 468 g/mol. The summed E-state index contributed by atoms with van der Waals surface area (Å²) >= 11 is 0. The molecule has 4 nitrogen and oxygen atoms in total. The lowest BCUT2D eigenvalue weighted by molar-refractivity contribution is -0.145. The molecule has 0 bridgehead atoms. The zero-order valence-corrected chi connectivity index (χ0v) is 23.4. The zero-order chi connectivity index (χ0) is 26.3. The number of piperidine rings is 1. The summed E-state index contributed by atoms with van der Waals surface area (Å²) in [5.41, 5.74) is 2.85. The molecule has 1 saturated carbocycles. The van der Waals surface area contributed by atoms with Gasteiger partial charge < -0.3 is 10.0 Å². The number of carboxylic acid groups (broad SMARTS) is 1. The van der Waals surface area contributed by atoms with Crippen LogP contribution in [-0.2, 0) is 11.2 Å². The van der Waals surface area contributed by atoms with Crippen LogP contribution in [0.4, 0.5) is 0 Å². The third-order valence-corrected chi connectivity index (χ3v) is 10.1. The molecule has 0 aromatic heterocycles. The van der Waals surface area contributed by atoms with Gasteiger partial charge in [0.2, 0.25) is 0 Å². The van der Waals surface area contributed by atoms with Crippen LogP contribution < -0.4 is 0 Å². The minimum absolute atomic E-state index is 0.310. The number of benzene rings is 2. The van der Waals surface area contributed by atoms with E-state index in [1.54, 1.807) is 0 Å². The van der Waals surface area contributed by atoms with Gasteiger partial charge in [0.25, 0.3) is 0 Å². The van der Waals surface area contributed by atoms with Crippen molar-refractivity contribution in [3.8, 4) is 0 Å². The van der Waals surface area contributed by atoms with Crippen molar-refractivity contribution in [2.45, 2.75) is 76.7 Å². The van der Waals surface area contributed by atoms with E-state index < -0.39 is 5.97 Å². The average Bonchev–Trinajstić information content (AvgIpc) is 3.36. The summed E-state index contributed by atoms with van der Waals surface area (Å²) in [6, 6.07) is 21.5. The van der Waals surface area contributed by atoms with Crippen molar-refractivity contribution in [2.75, 3.05) is 32.7 Å². The van der Waals surface area contributed by atoms with Crippen molar-refractivity contribution in [1.29, 1.82) is 0 Å². The second kappa shape index (κ2) is 13.3. The van der Waals surface area contributed by atoms with E-state index in [9.17, 15) is 9.90 Å². The molecular formula is C34H48N2O2. The van der Waals surface area contributed by atoms with E-state index in [0.29, 0.717) is 17.8 Å². The molecule has 0 unspecified atom stereocenters. The van der Waals surface area contributed by atoms with Gasteiger partial charge in [-0.05, 0) is 86.4 Å². The van der Waals surface area contributed by atoms with Gasteiger partial charge in [0.05, 0.1) is 0 Å². The summed E-state index contributed by atoms with van der Waals surface area (Å²) in [6.07, 6.45) is 10.8. The molecule has 0 spiro atoms. The minimum Gasteiger partial charge on any atom is -0.480 e. The Labute approximate surface area is 230 Å². The van der Waals surface area contributed by atoms with Crippen molar-refractivity contribution < 1.29 is 9.90 Å². The van der Waals surface area contributed by atoms with Crippen LogP contribution in [0.2, 0.25) is 0 Å². The molecule has 3 aliphatic rings. The summed E-state index contributed by atoms with van der Waals surface area (Å²) < 4.78 is 0. The Morgan fingerprint density at radius 2 is 1.53 bits per heavy atom. The summed E-state index contributed by atoms with van der Waals surface area (Å²) in [5.74, 6) is 2.21. The molecule has 1 N–H and O–H groups in total. The van der Waals surface area contributed by atoms with Crippen LogP contribution >= 0.6 is 0 Å². The number of aliphatic carboxylic acids is 1. The van der Waals surface area contributed by atoms with Gasteiger partial charge in [0.15, 0.2) is 0 Å². The van der Waals surface area contributed by atoms with E-state index in [1.165, 1.54) is 69.2 Å². The maximum atomic E-state index is 12.5. The van der Waals surface area contributed by atoms with Crippen LogP contribution in [0, 0.1) is 23.7 Å². The standard InChI is InChI=1S/C34H48N2O2/c1-26(17-18-27-11-5-2-6-12-27)28-19-21-35(22-20-28)23-31-24-36(25-32(31)29-13-7-3-8-14-29)33(34(37)38)30-15-9-4-10-16-30/h2-3,5-8,11-14,26,28,30-33H,4,9-10,15-25H2,1H3,(H,37,38)/t26-,31+,32-,33-/m1/s1. The first-order valence-electron chi connectivity index (χ1n) is 15.4. The molecule has 2 aromatic rings. The normalized spacial score (nSPS) is 25.8. The van der Waals surface area contributed by atoms with Gasteiger partial charge in [0.1, 0.15) is 6.04 Å². The van der Waals surface area contributed by atoms with Gasteiger partial charge in [-0.25, -0.2) is 0 Å². The Kier molecular flexibility index (Phi) is 9.56. The van der Waals surface area contributed by atoms with E-state index in [4.69, 9.17) is 0 Å². The van der Waals surface area contributed by atoms with E-state index in [-0.39, 0.29) is 6.04 Å². The lowest BCUT2D eigenvalue weighted by atomic mass is 9.81. The number of nitrogens with zero attached hydrogens (tertiary/aromatic N) is 2. The van der Waals surface area contributed by atoms with E-state index in [1.807, 2.05) is 0 Å². The average molecular weight is 517 g/mol. The molecule has 2 heterocycles. The molecule has 38 heavy (non-hydrogen) atoms. The Morgan fingerprint density at radius 1 is 0.868 bits per heavy atom. The zero-order valence-electron chi connectivity index (χ0n) is 23.4. The van der Waals surface area contributed by atoms with Crippen molar-refractivity contribution >= 4 is 5.97 Å². The molecule has 2 aliphatic heterocycles. The highest BCUT2D eigenvalue weighted by atomic mass is 16.4. The number of rotatable bonds is 10. The number of hydrogen-bond donors (Lipinski definition) is 1. The third kappa shape index (κ3) is 6.87. The second-order valence-corrected chi connectivity index (χ2v) is 12.6. The molecule has 4 heteroatoms. The van der Waals surface area contributed by atoms with Gasteiger partial charge in [0, 0.05) is 25.6 Å². The maximum Gasteiger partial charge on any atom is 0.321 e. The topological polar surface area (TPSA) is 43.8 Å². The molecule has 1 aliphatic carbocycles. The first-order valence-corrected chi connectivity index (χ1v) is 15.4. The fraction of sp³-hybridized carbons (Fsp3) is 0.618. The van der Waals surface area contributed by atoms with Gasteiger partial charge in [-0.2, -0.15) is 0 Å². The molecule has 4 atom stereocenters. The Hall–Kier alpha value is -2.17. The van der Waals surface area contributed by atoms with Crippen molar-refractivity contribution in [2.24, 2.45) is 23.7 Å². The van der Waals surface area contributed by atoms with Gasteiger partial charge in [-0.15, -0.1) is 0 Å². The lowest BCUT2D eigenvalue weighted by Gasteiger charge is -2.37. The minimum atomic E-state index is -0.602. The Bertz CT molecular complexity index is 982.